The Hall–Kier alpha value is -2.99. The molecule has 3 aromatic carbocycles. The molecule has 37 heavy (non-hydrogen) atoms. The summed E-state index contributed by atoms with van der Waals surface area (Å²) >= 11 is 12.8. The Labute approximate surface area is 221 Å². The Morgan fingerprint density at radius 1 is 0.973 bits per heavy atom. The van der Waals surface area contributed by atoms with Crippen LogP contribution in [0.2, 0.25) is 10.0 Å². The number of methoxy groups -OCH3 is 1. The number of anilines is 2. The number of carbonyl (C=O) groups is 1. The highest BCUT2D eigenvalue weighted by atomic mass is 35.5. The normalized spacial score (nSPS) is 11.7. The van der Waals surface area contributed by atoms with Crippen molar-refractivity contribution in [1.82, 2.24) is 0 Å². The van der Waals surface area contributed by atoms with Gasteiger partial charge in [-0.2, -0.15) is 13.2 Å². The van der Waals surface area contributed by atoms with Crippen LogP contribution in [-0.4, -0.2) is 41.2 Å². The van der Waals surface area contributed by atoms with E-state index in [1.165, 1.54) is 43.5 Å². The predicted octanol–water partition coefficient (Wildman–Crippen LogP) is 5.92. The number of hydrogen-bond donors (Lipinski definition) is 2. The van der Waals surface area contributed by atoms with Crippen LogP contribution in [-0.2, 0) is 25.5 Å². The summed E-state index contributed by atoms with van der Waals surface area (Å²) < 4.78 is 76.0. The van der Waals surface area contributed by atoms with Gasteiger partial charge in [0.1, 0.15) is 22.3 Å². The molecule has 2 N–H and O–H groups in total. The molecule has 3 rings (SSSR count). The second-order valence-corrected chi connectivity index (χ2v) is 10.2. The first-order valence-corrected chi connectivity index (χ1v) is 12.8. The van der Waals surface area contributed by atoms with E-state index in [1.54, 1.807) is 6.07 Å². The molecule has 0 aromatic heterocycles. The van der Waals surface area contributed by atoms with E-state index in [0.717, 1.165) is 18.2 Å². The van der Waals surface area contributed by atoms with E-state index < -0.39 is 38.9 Å². The third-order valence-corrected chi connectivity index (χ3v) is 7.74. The molecule has 0 aliphatic heterocycles. The van der Waals surface area contributed by atoms with E-state index >= 15 is 0 Å². The molecule has 7 nitrogen and oxygen atoms in total. The zero-order valence-corrected chi connectivity index (χ0v) is 21.6. The standard InChI is InChI=1S/C24H21Cl2F3N2O5S/c1-35-10-11-36-19-13-18(21(25)23(22(19)26)37(33,34)17-8-3-2-4-9-17)30-14-20(32)31-16-7-5-6-15(12-16)24(27,28)29/h2-9,12-13,30H,10-11,14H2,1H3,(H,31,32). The van der Waals surface area contributed by atoms with Gasteiger partial charge in [-0.05, 0) is 30.3 Å². The molecular formula is C24H21Cl2F3N2O5S. The summed E-state index contributed by atoms with van der Waals surface area (Å²) in [5, 5.41) is 4.49. The van der Waals surface area contributed by atoms with Crippen molar-refractivity contribution in [3.63, 3.8) is 0 Å². The summed E-state index contributed by atoms with van der Waals surface area (Å²) in [6, 6.07) is 12.9. The molecule has 13 heteroatoms. The Morgan fingerprint density at radius 3 is 2.32 bits per heavy atom. The van der Waals surface area contributed by atoms with E-state index in [0.29, 0.717) is 0 Å². The maximum atomic E-state index is 13.4. The number of sulfone groups is 1. The molecule has 1 amide bonds. The van der Waals surface area contributed by atoms with Crippen LogP contribution < -0.4 is 15.4 Å². The van der Waals surface area contributed by atoms with Crippen LogP contribution in [0.5, 0.6) is 5.75 Å². The molecule has 3 aromatic rings. The third-order valence-electron chi connectivity index (χ3n) is 4.91. The molecule has 0 radical (unpaired) electrons. The SMILES string of the molecule is COCCOc1cc(NCC(=O)Nc2cccc(C(F)(F)F)c2)c(Cl)c(S(=O)(=O)c2ccccc2)c1Cl. The van der Waals surface area contributed by atoms with Gasteiger partial charge in [-0.3, -0.25) is 4.79 Å². The number of hydrogen-bond acceptors (Lipinski definition) is 6. The second kappa shape index (κ2) is 12.0. The summed E-state index contributed by atoms with van der Waals surface area (Å²) in [6.07, 6.45) is -4.57. The molecule has 0 heterocycles. The number of amides is 1. The summed E-state index contributed by atoms with van der Waals surface area (Å²) in [7, 11) is -2.75. The van der Waals surface area contributed by atoms with Crippen LogP contribution in [0.25, 0.3) is 0 Å². The van der Waals surface area contributed by atoms with Gasteiger partial charge in [0.2, 0.25) is 15.7 Å². The monoisotopic (exact) mass is 576 g/mol. The Bertz CT molecular complexity index is 1370. The van der Waals surface area contributed by atoms with E-state index in [1.807, 2.05) is 0 Å². The lowest BCUT2D eigenvalue weighted by Gasteiger charge is -2.18. The van der Waals surface area contributed by atoms with Crippen LogP contribution >= 0.6 is 23.2 Å². The van der Waals surface area contributed by atoms with Gasteiger partial charge in [-0.1, -0.05) is 47.5 Å². The highest BCUT2D eigenvalue weighted by Gasteiger charge is 2.31. The number of ether oxygens (including phenoxy) is 2. The molecule has 0 aliphatic carbocycles. The lowest BCUT2D eigenvalue weighted by atomic mass is 10.2. The summed E-state index contributed by atoms with van der Waals surface area (Å²) in [4.78, 5) is 11.9. The second-order valence-electron chi connectivity index (χ2n) is 7.52. The fourth-order valence-electron chi connectivity index (χ4n) is 3.16. The van der Waals surface area contributed by atoms with Gasteiger partial charge in [0.25, 0.3) is 0 Å². The fourth-order valence-corrected chi connectivity index (χ4v) is 5.68. The quantitative estimate of drug-likeness (QED) is 0.291. The van der Waals surface area contributed by atoms with Gasteiger partial charge in [0.15, 0.2) is 0 Å². The zero-order chi connectivity index (χ0) is 27.2. The largest absolute Gasteiger partial charge is 0.489 e. The van der Waals surface area contributed by atoms with Crippen LogP contribution in [0.1, 0.15) is 5.56 Å². The average molecular weight is 577 g/mol. The number of alkyl halides is 3. The lowest BCUT2D eigenvalue weighted by Crippen LogP contribution is -2.22. The van der Waals surface area contributed by atoms with Crippen LogP contribution in [0.3, 0.4) is 0 Å². The molecule has 0 saturated carbocycles. The number of benzene rings is 3. The minimum atomic E-state index is -4.57. The molecule has 0 spiro atoms. The summed E-state index contributed by atoms with van der Waals surface area (Å²) in [5.74, 6) is -0.738. The number of rotatable bonds is 10. The molecule has 198 valence electrons. The van der Waals surface area contributed by atoms with Crippen molar-refractivity contribution in [2.45, 2.75) is 16.0 Å². The Balaban J connectivity index is 1.90. The Kier molecular flexibility index (Phi) is 9.30. The zero-order valence-electron chi connectivity index (χ0n) is 19.2. The van der Waals surface area contributed by atoms with Crippen LogP contribution in [0.4, 0.5) is 24.5 Å². The smallest absolute Gasteiger partial charge is 0.416 e. The molecule has 0 saturated heterocycles. The minimum absolute atomic E-state index is 0.00665. The van der Waals surface area contributed by atoms with Crippen LogP contribution in [0.15, 0.2) is 70.5 Å². The van der Waals surface area contributed by atoms with Crippen molar-refractivity contribution in [1.29, 1.82) is 0 Å². The molecule has 0 unspecified atom stereocenters. The first-order valence-electron chi connectivity index (χ1n) is 10.6. The van der Waals surface area contributed by atoms with E-state index in [-0.39, 0.29) is 45.3 Å². The van der Waals surface area contributed by atoms with E-state index in [4.69, 9.17) is 32.7 Å². The van der Waals surface area contributed by atoms with Crippen molar-refractivity contribution in [3.8, 4) is 5.75 Å². The van der Waals surface area contributed by atoms with E-state index in [2.05, 4.69) is 10.6 Å². The van der Waals surface area contributed by atoms with Gasteiger partial charge < -0.3 is 20.1 Å². The highest BCUT2D eigenvalue weighted by molar-refractivity contribution is 7.91. The molecule has 0 aliphatic rings. The maximum absolute atomic E-state index is 13.4. The number of carbonyl (C=O) groups excluding carboxylic acids is 1. The lowest BCUT2D eigenvalue weighted by molar-refractivity contribution is -0.137. The van der Waals surface area contributed by atoms with Gasteiger partial charge in [-0.25, -0.2) is 8.42 Å². The van der Waals surface area contributed by atoms with Crippen molar-refractivity contribution < 1.29 is 35.9 Å². The van der Waals surface area contributed by atoms with E-state index in [9.17, 15) is 26.4 Å². The van der Waals surface area contributed by atoms with Crippen molar-refractivity contribution >= 4 is 50.3 Å². The maximum Gasteiger partial charge on any atom is 0.416 e. The molecule has 0 atom stereocenters. The number of halogens is 5. The first kappa shape index (κ1) is 28.6. The van der Waals surface area contributed by atoms with Crippen molar-refractivity contribution in [2.75, 3.05) is 37.5 Å². The molecule has 0 bridgehead atoms. The average Bonchev–Trinajstić information content (AvgIpc) is 2.85. The minimum Gasteiger partial charge on any atom is -0.489 e. The van der Waals surface area contributed by atoms with Crippen molar-refractivity contribution in [2.24, 2.45) is 0 Å². The third kappa shape index (κ3) is 7.07. The number of nitrogens with one attached hydrogen (secondary N) is 2. The highest BCUT2D eigenvalue weighted by Crippen LogP contribution is 2.44. The fraction of sp³-hybridized carbons (Fsp3) is 0.208. The van der Waals surface area contributed by atoms with Crippen LogP contribution in [0, 0.1) is 0 Å². The van der Waals surface area contributed by atoms with Gasteiger partial charge in [0, 0.05) is 18.9 Å². The van der Waals surface area contributed by atoms with Crippen molar-refractivity contribution in [3.05, 3.63) is 76.3 Å². The van der Waals surface area contributed by atoms with Gasteiger partial charge in [0.05, 0.1) is 34.3 Å². The molecule has 0 fully saturated rings. The van der Waals surface area contributed by atoms with Gasteiger partial charge in [-0.15, -0.1) is 0 Å². The summed E-state index contributed by atoms with van der Waals surface area (Å²) in [6.45, 7) is -0.236. The molecular weight excluding hydrogens is 556 g/mol. The summed E-state index contributed by atoms with van der Waals surface area (Å²) in [5.41, 5.74) is -0.987. The van der Waals surface area contributed by atoms with Gasteiger partial charge >= 0.3 is 6.18 Å². The Morgan fingerprint density at radius 2 is 1.68 bits per heavy atom. The topological polar surface area (TPSA) is 93.7 Å². The first-order chi connectivity index (χ1) is 17.4. The predicted molar refractivity (Wildman–Crippen MR) is 134 cm³/mol.